The third kappa shape index (κ3) is 4.10. The van der Waals surface area contributed by atoms with E-state index < -0.39 is 0 Å². The van der Waals surface area contributed by atoms with Crippen LogP contribution in [0.4, 0.5) is 5.69 Å². The number of hydrogen-bond donors (Lipinski definition) is 1. The molecule has 1 aromatic carbocycles. The number of benzene rings is 1. The Labute approximate surface area is 141 Å². The molecule has 6 heteroatoms. The van der Waals surface area contributed by atoms with Crippen molar-refractivity contribution < 1.29 is 14.3 Å². The van der Waals surface area contributed by atoms with Crippen molar-refractivity contribution >= 4 is 17.5 Å². The third-order valence-electron chi connectivity index (χ3n) is 3.65. The molecule has 0 bridgehead atoms. The molecule has 2 amide bonds. The second-order valence-corrected chi connectivity index (χ2v) is 5.10. The van der Waals surface area contributed by atoms with E-state index in [1.165, 1.54) is 13.3 Å². The number of carbonyl (C=O) groups is 2. The molecule has 0 saturated heterocycles. The van der Waals surface area contributed by atoms with E-state index in [9.17, 15) is 9.59 Å². The number of rotatable bonds is 6. The molecule has 126 valence electrons. The molecule has 0 aliphatic rings. The Balaban J connectivity index is 2.05. The summed E-state index contributed by atoms with van der Waals surface area (Å²) in [5, 5.41) is 2.77. The van der Waals surface area contributed by atoms with Gasteiger partial charge < -0.3 is 15.0 Å². The summed E-state index contributed by atoms with van der Waals surface area (Å²) in [5.41, 5.74) is 1.65. The SMILES string of the molecule is CCN(CC)C(=O)c1ccc(NC(=O)c2ccc(OC)nc2)cc1. The van der Waals surface area contributed by atoms with Gasteiger partial charge in [0, 0.05) is 36.6 Å². The number of methoxy groups -OCH3 is 1. The van der Waals surface area contributed by atoms with Gasteiger partial charge in [-0.1, -0.05) is 0 Å². The van der Waals surface area contributed by atoms with Crippen LogP contribution in [0.1, 0.15) is 34.6 Å². The molecule has 2 rings (SSSR count). The summed E-state index contributed by atoms with van der Waals surface area (Å²) in [7, 11) is 1.52. The van der Waals surface area contributed by atoms with Crippen LogP contribution in [-0.2, 0) is 0 Å². The molecule has 0 aliphatic carbocycles. The van der Waals surface area contributed by atoms with Crippen LogP contribution >= 0.6 is 0 Å². The molecule has 1 heterocycles. The van der Waals surface area contributed by atoms with Gasteiger partial charge in [-0.15, -0.1) is 0 Å². The average Bonchev–Trinajstić information content (AvgIpc) is 2.63. The van der Waals surface area contributed by atoms with Gasteiger partial charge in [-0.25, -0.2) is 4.98 Å². The lowest BCUT2D eigenvalue weighted by atomic mass is 10.1. The monoisotopic (exact) mass is 327 g/mol. The van der Waals surface area contributed by atoms with E-state index in [0.717, 1.165) is 0 Å². The quantitative estimate of drug-likeness (QED) is 0.885. The molecule has 0 spiro atoms. The van der Waals surface area contributed by atoms with Gasteiger partial charge in [-0.3, -0.25) is 9.59 Å². The lowest BCUT2D eigenvalue weighted by molar-refractivity contribution is 0.0773. The molecular formula is C18H21N3O3. The Kier molecular flexibility index (Phi) is 5.89. The number of nitrogens with zero attached hydrogens (tertiary/aromatic N) is 2. The molecule has 0 fully saturated rings. The van der Waals surface area contributed by atoms with Gasteiger partial charge in [0.05, 0.1) is 12.7 Å². The van der Waals surface area contributed by atoms with Crippen LogP contribution in [0.25, 0.3) is 0 Å². The van der Waals surface area contributed by atoms with E-state index in [1.54, 1.807) is 41.3 Å². The minimum Gasteiger partial charge on any atom is -0.481 e. The zero-order valence-corrected chi connectivity index (χ0v) is 14.1. The van der Waals surface area contributed by atoms with Crippen LogP contribution in [0.5, 0.6) is 5.88 Å². The lowest BCUT2D eigenvalue weighted by Crippen LogP contribution is -2.30. The average molecular weight is 327 g/mol. The minimum absolute atomic E-state index is 0.0165. The van der Waals surface area contributed by atoms with Crippen molar-refractivity contribution in [3.8, 4) is 5.88 Å². The summed E-state index contributed by atoms with van der Waals surface area (Å²) in [6.45, 7) is 5.22. The number of carbonyl (C=O) groups excluding carboxylic acids is 2. The summed E-state index contributed by atoms with van der Waals surface area (Å²) in [6.07, 6.45) is 1.45. The third-order valence-corrected chi connectivity index (χ3v) is 3.65. The van der Waals surface area contributed by atoms with Gasteiger partial charge in [-0.2, -0.15) is 0 Å². The van der Waals surface area contributed by atoms with Crippen molar-refractivity contribution in [1.82, 2.24) is 9.88 Å². The number of anilines is 1. The highest BCUT2D eigenvalue weighted by Crippen LogP contribution is 2.14. The Hall–Kier alpha value is -2.89. The van der Waals surface area contributed by atoms with Crippen LogP contribution in [-0.4, -0.2) is 41.9 Å². The predicted molar refractivity (Wildman–Crippen MR) is 92.4 cm³/mol. The first-order valence-electron chi connectivity index (χ1n) is 7.79. The summed E-state index contributed by atoms with van der Waals surface area (Å²) in [6, 6.07) is 10.1. The first-order valence-corrected chi connectivity index (χ1v) is 7.79. The van der Waals surface area contributed by atoms with Gasteiger partial charge in [0.25, 0.3) is 11.8 Å². The van der Waals surface area contributed by atoms with Crippen molar-refractivity contribution in [3.05, 3.63) is 53.7 Å². The number of pyridine rings is 1. The van der Waals surface area contributed by atoms with Crippen molar-refractivity contribution in [3.63, 3.8) is 0 Å². The maximum Gasteiger partial charge on any atom is 0.257 e. The van der Waals surface area contributed by atoms with Gasteiger partial charge in [-0.05, 0) is 44.2 Å². The Morgan fingerprint density at radius 1 is 1.04 bits per heavy atom. The summed E-state index contributed by atoms with van der Waals surface area (Å²) < 4.78 is 4.96. The van der Waals surface area contributed by atoms with Crippen LogP contribution < -0.4 is 10.1 Å². The topological polar surface area (TPSA) is 71.5 Å². The molecule has 24 heavy (non-hydrogen) atoms. The van der Waals surface area contributed by atoms with E-state index in [4.69, 9.17) is 4.74 Å². The fourth-order valence-corrected chi connectivity index (χ4v) is 2.23. The molecule has 2 aromatic rings. The number of amides is 2. The van der Waals surface area contributed by atoms with Crippen molar-refractivity contribution in [1.29, 1.82) is 0 Å². The maximum absolute atomic E-state index is 12.2. The van der Waals surface area contributed by atoms with Gasteiger partial charge in [0.2, 0.25) is 5.88 Å². The van der Waals surface area contributed by atoms with Crippen molar-refractivity contribution in [2.45, 2.75) is 13.8 Å². The number of hydrogen-bond acceptors (Lipinski definition) is 4. The second kappa shape index (κ2) is 8.10. The Morgan fingerprint density at radius 3 is 2.17 bits per heavy atom. The van der Waals surface area contributed by atoms with Gasteiger partial charge in [0.1, 0.15) is 0 Å². The zero-order valence-electron chi connectivity index (χ0n) is 14.1. The molecule has 1 aromatic heterocycles. The van der Waals surface area contributed by atoms with Crippen LogP contribution in [0.2, 0.25) is 0 Å². The zero-order chi connectivity index (χ0) is 17.5. The van der Waals surface area contributed by atoms with Crippen molar-refractivity contribution in [2.24, 2.45) is 0 Å². The second-order valence-electron chi connectivity index (χ2n) is 5.10. The Bertz CT molecular complexity index is 692. The molecule has 0 radical (unpaired) electrons. The van der Waals surface area contributed by atoms with E-state index in [1.807, 2.05) is 13.8 Å². The van der Waals surface area contributed by atoms with Crippen LogP contribution in [0.3, 0.4) is 0 Å². The van der Waals surface area contributed by atoms with Gasteiger partial charge >= 0.3 is 0 Å². The van der Waals surface area contributed by atoms with E-state index >= 15 is 0 Å². The van der Waals surface area contributed by atoms with E-state index in [-0.39, 0.29) is 11.8 Å². The first kappa shape index (κ1) is 17.5. The lowest BCUT2D eigenvalue weighted by Gasteiger charge is -2.18. The minimum atomic E-state index is -0.270. The van der Waals surface area contributed by atoms with E-state index in [0.29, 0.717) is 35.8 Å². The van der Waals surface area contributed by atoms with Gasteiger partial charge in [0.15, 0.2) is 0 Å². The molecule has 1 N–H and O–H groups in total. The summed E-state index contributed by atoms with van der Waals surface area (Å²) >= 11 is 0. The molecular weight excluding hydrogens is 306 g/mol. The first-order chi connectivity index (χ1) is 11.6. The van der Waals surface area contributed by atoms with Crippen LogP contribution in [0, 0.1) is 0 Å². The number of ether oxygens (including phenoxy) is 1. The smallest absolute Gasteiger partial charge is 0.257 e. The normalized spacial score (nSPS) is 10.1. The molecule has 0 unspecified atom stereocenters. The molecule has 0 atom stereocenters. The Morgan fingerprint density at radius 2 is 1.67 bits per heavy atom. The molecule has 0 saturated carbocycles. The maximum atomic E-state index is 12.2. The fraction of sp³-hybridized carbons (Fsp3) is 0.278. The van der Waals surface area contributed by atoms with E-state index in [2.05, 4.69) is 10.3 Å². The highest BCUT2D eigenvalue weighted by molar-refractivity contribution is 6.04. The summed E-state index contributed by atoms with van der Waals surface area (Å²) in [5.74, 6) is 0.163. The van der Waals surface area contributed by atoms with Crippen LogP contribution in [0.15, 0.2) is 42.6 Å². The highest BCUT2D eigenvalue weighted by Gasteiger charge is 2.12. The molecule has 0 aliphatic heterocycles. The predicted octanol–water partition coefficient (Wildman–Crippen LogP) is 2.82. The number of nitrogens with one attached hydrogen (secondary N) is 1. The largest absolute Gasteiger partial charge is 0.481 e. The summed E-state index contributed by atoms with van der Waals surface area (Å²) in [4.78, 5) is 30.2. The van der Waals surface area contributed by atoms with Crippen molar-refractivity contribution in [2.75, 3.05) is 25.5 Å². The highest BCUT2D eigenvalue weighted by atomic mass is 16.5. The fourth-order valence-electron chi connectivity index (χ4n) is 2.23. The number of aromatic nitrogens is 1. The standard InChI is InChI=1S/C18H21N3O3/c1-4-21(5-2)18(23)13-6-9-15(10-7-13)20-17(22)14-8-11-16(24-3)19-12-14/h6-12H,4-5H2,1-3H3,(H,20,22). The molecule has 6 nitrogen and oxygen atoms in total.